The number of rotatable bonds is 11. The summed E-state index contributed by atoms with van der Waals surface area (Å²) < 4.78 is 39.7. The van der Waals surface area contributed by atoms with Crippen LogP contribution >= 0.6 is 0 Å². The second-order valence-electron chi connectivity index (χ2n) is 18.2. The second-order valence-corrected chi connectivity index (χ2v) is 18.2. The van der Waals surface area contributed by atoms with E-state index in [9.17, 15) is 10.4 Å². The van der Waals surface area contributed by atoms with E-state index in [0.29, 0.717) is 37.4 Å². The lowest BCUT2D eigenvalue weighted by Crippen LogP contribution is -2.67. The van der Waals surface area contributed by atoms with E-state index in [0.717, 1.165) is 62.8 Å². The molecule has 15 unspecified atom stereocenters. The first-order valence-corrected chi connectivity index (χ1v) is 21.6. The van der Waals surface area contributed by atoms with E-state index in [-0.39, 0.29) is 48.4 Å². The summed E-state index contributed by atoms with van der Waals surface area (Å²) in [6.45, 7) is 16.3. The average molecular weight is 804 g/mol. The summed E-state index contributed by atoms with van der Waals surface area (Å²) in [4.78, 5) is 10.2. The number of aliphatic hydroxyl groups is 1. The molecule has 0 spiro atoms. The molecule has 1 aliphatic carbocycles. The Morgan fingerprint density at radius 3 is 2.46 bits per heavy atom. The summed E-state index contributed by atoms with van der Waals surface area (Å²) in [6, 6.07) is 0. The monoisotopic (exact) mass is 804 g/mol. The van der Waals surface area contributed by atoms with Crippen molar-refractivity contribution in [3.8, 4) is 0 Å². The lowest BCUT2D eigenvalue weighted by atomic mass is 9.58. The zero-order valence-corrected chi connectivity index (χ0v) is 35.4. The molecule has 6 aliphatic rings. The molecule has 6 heterocycles. The Balaban J connectivity index is 0.898. The largest absolute Gasteiger partial charge is 0.388 e. The molecule has 5 fully saturated rings. The summed E-state index contributed by atoms with van der Waals surface area (Å²) in [5, 5.41) is 34.1. The molecule has 1 aromatic rings. The van der Waals surface area contributed by atoms with Crippen molar-refractivity contribution in [1.82, 2.24) is 30.5 Å². The van der Waals surface area contributed by atoms with Gasteiger partial charge in [-0.15, -0.1) is 10.6 Å². The highest BCUT2D eigenvalue weighted by Crippen LogP contribution is 2.56. The van der Waals surface area contributed by atoms with E-state index in [4.69, 9.17) is 38.3 Å². The zero-order chi connectivity index (χ0) is 40.4. The van der Waals surface area contributed by atoms with E-state index in [1.165, 1.54) is 6.42 Å². The number of hydrogen-bond donors (Lipinski definition) is 3. The number of fused-ring (bicyclic) bond motifs is 2. The predicted octanol–water partition coefficient (Wildman–Crippen LogP) is 5.45. The van der Waals surface area contributed by atoms with Gasteiger partial charge < -0.3 is 33.5 Å². The maximum atomic E-state index is 11.2. The Labute approximate surface area is 338 Å². The molecule has 1 aromatic heterocycles. The van der Waals surface area contributed by atoms with Gasteiger partial charge in [0, 0.05) is 36.7 Å². The smallest absolute Gasteiger partial charge is 0.193 e. The highest BCUT2D eigenvalue weighted by atomic mass is 17.1. The summed E-state index contributed by atoms with van der Waals surface area (Å²) in [5.74, 6) is 1.26. The summed E-state index contributed by atoms with van der Waals surface area (Å²) in [6.07, 6.45) is 9.81. The number of hydrogen-bond acceptors (Lipinski definition) is 15. The molecule has 15 atom stereocenters. The van der Waals surface area contributed by atoms with Gasteiger partial charge in [-0.25, -0.2) is 9.57 Å². The van der Waals surface area contributed by atoms with Gasteiger partial charge in [-0.05, 0) is 83.0 Å². The van der Waals surface area contributed by atoms with Crippen LogP contribution in [-0.2, 0) is 46.6 Å². The molecule has 5 aliphatic heterocycles. The number of hydrazine groups is 2. The Hall–Kier alpha value is -2.25. The Kier molecular flexibility index (Phi) is 14.0. The van der Waals surface area contributed by atoms with E-state index < -0.39 is 36.9 Å². The second kappa shape index (κ2) is 18.6. The minimum atomic E-state index is -0.888. The molecule has 16 nitrogen and oxygen atoms in total. The van der Waals surface area contributed by atoms with Crippen LogP contribution in [0.2, 0.25) is 0 Å². The maximum Gasteiger partial charge on any atom is 0.193 e. The van der Waals surface area contributed by atoms with E-state index in [1.807, 2.05) is 36.4 Å². The molecule has 322 valence electrons. The van der Waals surface area contributed by atoms with Crippen molar-refractivity contribution < 1.29 is 43.7 Å². The van der Waals surface area contributed by atoms with E-state index in [1.54, 1.807) is 4.68 Å². The normalized spacial score (nSPS) is 41.9. The molecule has 3 N–H and O–H groups in total. The highest BCUT2D eigenvalue weighted by molar-refractivity contribution is 5.83. The van der Waals surface area contributed by atoms with Gasteiger partial charge in [0.2, 0.25) is 0 Å². The van der Waals surface area contributed by atoms with Crippen LogP contribution in [0.1, 0.15) is 112 Å². The molecular weight excluding hydrogens is 734 g/mol. The minimum Gasteiger partial charge on any atom is -0.388 e. The van der Waals surface area contributed by atoms with Crippen LogP contribution in [0.25, 0.3) is 0 Å². The van der Waals surface area contributed by atoms with Gasteiger partial charge in [-0.3, -0.25) is 20.3 Å². The molecule has 0 amide bonds. The van der Waals surface area contributed by atoms with Crippen LogP contribution in [-0.4, -0.2) is 110 Å². The van der Waals surface area contributed by atoms with Crippen molar-refractivity contribution in [2.75, 3.05) is 20.2 Å². The van der Waals surface area contributed by atoms with Crippen molar-refractivity contribution in [3.05, 3.63) is 23.8 Å². The first-order valence-electron chi connectivity index (χ1n) is 21.6. The first kappa shape index (κ1) is 42.9. The number of aliphatic imine (C=N–C) groups is 1. The van der Waals surface area contributed by atoms with E-state index >= 15 is 0 Å². The number of aromatic nitrogens is 3. The molecule has 57 heavy (non-hydrogen) atoms. The molecule has 0 aromatic carbocycles. The van der Waals surface area contributed by atoms with Crippen molar-refractivity contribution >= 4 is 5.71 Å². The third-order valence-corrected chi connectivity index (χ3v) is 13.9. The van der Waals surface area contributed by atoms with Crippen molar-refractivity contribution in [3.63, 3.8) is 0 Å². The number of aliphatic hydroxyl groups excluding tert-OH is 1. The van der Waals surface area contributed by atoms with Crippen molar-refractivity contribution in [2.24, 2.45) is 46.4 Å². The van der Waals surface area contributed by atoms with Gasteiger partial charge >= 0.3 is 0 Å². The maximum absolute atomic E-state index is 11.2. The number of likely N-dealkylation sites (N-methyl/N-ethyl adjacent to an activating group) is 1. The number of ether oxygens (including phenoxy) is 6. The highest BCUT2D eigenvalue weighted by Gasteiger charge is 2.65. The summed E-state index contributed by atoms with van der Waals surface area (Å²) in [5.41, 5.74) is 4.98. The zero-order valence-electron chi connectivity index (χ0n) is 35.4. The standard InChI is InChI=1S/C41H69N7O9/c1-24-10-9-11-27(4)53-39-36(49)33(15-12-24)29(6)37(55-39)51-21-31-19-48(44-43-31)23-42-26(3)18-47-20-32(46(8)45-47)22-52-38-30(7)35-16-13-25(2)34-17-14-28(5)54-40(56-38)41(34,35)57-50/h19-20,24-25,27-30,33-40,45,49-50H,9-18,21-23H2,1-8H3. The fourth-order valence-electron chi connectivity index (χ4n) is 10.4. The molecule has 1 saturated carbocycles. The molecular formula is C41H69N7O9. The van der Waals surface area contributed by atoms with Gasteiger partial charge in [-0.1, -0.05) is 52.2 Å². The Bertz CT molecular complexity index is 1530. The third kappa shape index (κ3) is 9.40. The summed E-state index contributed by atoms with van der Waals surface area (Å²) >= 11 is 0. The molecule has 7 rings (SSSR count). The lowest BCUT2D eigenvalue weighted by molar-refractivity contribution is -0.459. The minimum absolute atomic E-state index is 0.000389. The van der Waals surface area contributed by atoms with Crippen molar-refractivity contribution in [1.29, 1.82) is 0 Å². The van der Waals surface area contributed by atoms with Crippen LogP contribution in [0.5, 0.6) is 0 Å². The molecule has 4 saturated heterocycles. The fraction of sp³-hybridized carbons (Fsp3) is 0.878. The number of nitrogens with zero attached hydrogens (tertiary/aromatic N) is 6. The quantitative estimate of drug-likeness (QED) is 0.147. The van der Waals surface area contributed by atoms with Gasteiger partial charge in [0.05, 0.1) is 43.9 Å². The summed E-state index contributed by atoms with van der Waals surface area (Å²) in [7, 11) is 1.95. The SMILES string of the molecule is CC(CN1C=C(COC2OC3OC(C)CCC4C(C)CCC(C2C)C34OO)N(C)N1)=NCn1cc(COC2OC3OC(C)CCCC(C)CCC(C2C)C3O)nn1. The van der Waals surface area contributed by atoms with Crippen LogP contribution in [0.15, 0.2) is 23.1 Å². The van der Waals surface area contributed by atoms with Crippen LogP contribution < -0.4 is 5.53 Å². The van der Waals surface area contributed by atoms with Gasteiger partial charge in [0.1, 0.15) is 18.5 Å². The Morgan fingerprint density at radius 2 is 1.65 bits per heavy atom. The van der Waals surface area contributed by atoms with Gasteiger partial charge in [0.25, 0.3) is 0 Å². The predicted molar refractivity (Wildman–Crippen MR) is 209 cm³/mol. The van der Waals surface area contributed by atoms with Crippen molar-refractivity contribution in [2.45, 2.75) is 169 Å². The Morgan fingerprint density at radius 1 is 0.895 bits per heavy atom. The fourth-order valence-corrected chi connectivity index (χ4v) is 10.4. The molecule has 16 heteroatoms. The molecule has 2 bridgehead atoms. The lowest BCUT2D eigenvalue weighted by Gasteiger charge is -2.57. The number of nitrogens with one attached hydrogen (secondary N) is 1. The van der Waals surface area contributed by atoms with Gasteiger partial charge in [-0.2, -0.15) is 0 Å². The van der Waals surface area contributed by atoms with Gasteiger partial charge in [0.15, 0.2) is 30.8 Å². The first-order chi connectivity index (χ1) is 27.4. The topological polar surface area (TPSA) is 167 Å². The third-order valence-electron chi connectivity index (χ3n) is 13.9. The van der Waals surface area contributed by atoms with Crippen LogP contribution in [0.4, 0.5) is 0 Å². The molecule has 0 radical (unpaired) electrons. The van der Waals surface area contributed by atoms with Crippen LogP contribution in [0.3, 0.4) is 0 Å². The average Bonchev–Trinajstić information content (AvgIpc) is 3.74. The van der Waals surface area contributed by atoms with Crippen LogP contribution in [0, 0.1) is 41.4 Å². The van der Waals surface area contributed by atoms with E-state index in [2.05, 4.69) is 57.4 Å².